The molecular formula is C15H15ClFNO. The SMILES string of the molecule is COc1cc(NC(C)c2ccccc2Cl)ccc1F. The lowest BCUT2D eigenvalue weighted by atomic mass is 10.1. The summed E-state index contributed by atoms with van der Waals surface area (Å²) < 4.78 is 18.3. The molecule has 0 heterocycles. The largest absolute Gasteiger partial charge is 0.494 e. The van der Waals surface area contributed by atoms with Crippen molar-refractivity contribution in [3.63, 3.8) is 0 Å². The fraction of sp³-hybridized carbons (Fsp3) is 0.200. The Balaban J connectivity index is 2.19. The van der Waals surface area contributed by atoms with Crippen LogP contribution in [0.1, 0.15) is 18.5 Å². The van der Waals surface area contributed by atoms with Crippen LogP contribution in [0.2, 0.25) is 5.02 Å². The van der Waals surface area contributed by atoms with E-state index in [4.69, 9.17) is 16.3 Å². The zero-order valence-corrected chi connectivity index (χ0v) is 11.5. The van der Waals surface area contributed by atoms with Crippen molar-refractivity contribution >= 4 is 17.3 Å². The van der Waals surface area contributed by atoms with E-state index in [0.717, 1.165) is 11.3 Å². The Morgan fingerprint density at radius 2 is 1.95 bits per heavy atom. The van der Waals surface area contributed by atoms with E-state index in [2.05, 4.69) is 5.32 Å². The van der Waals surface area contributed by atoms with Crippen molar-refractivity contribution in [1.82, 2.24) is 0 Å². The Hall–Kier alpha value is -1.74. The van der Waals surface area contributed by atoms with Gasteiger partial charge in [0.05, 0.1) is 7.11 Å². The van der Waals surface area contributed by atoms with Gasteiger partial charge in [0.1, 0.15) is 0 Å². The average Bonchev–Trinajstić information content (AvgIpc) is 2.41. The normalized spacial score (nSPS) is 12.0. The Bertz CT molecular complexity index is 574. The second-order valence-corrected chi connectivity index (χ2v) is 4.64. The van der Waals surface area contributed by atoms with Gasteiger partial charge in [0.25, 0.3) is 0 Å². The summed E-state index contributed by atoms with van der Waals surface area (Å²) in [5.41, 5.74) is 1.78. The van der Waals surface area contributed by atoms with E-state index in [9.17, 15) is 4.39 Å². The molecule has 4 heteroatoms. The maximum Gasteiger partial charge on any atom is 0.165 e. The van der Waals surface area contributed by atoms with Gasteiger partial charge in [-0.05, 0) is 30.7 Å². The smallest absolute Gasteiger partial charge is 0.165 e. The van der Waals surface area contributed by atoms with Gasteiger partial charge in [-0.3, -0.25) is 0 Å². The highest BCUT2D eigenvalue weighted by atomic mass is 35.5. The minimum Gasteiger partial charge on any atom is -0.494 e. The van der Waals surface area contributed by atoms with Crippen molar-refractivity contribution in [1.29, 1.82) is 0 Å². The molecule has 2 rings (SSSR count). The number of ether oxygens (including phenoxy) is 1. The highest BCUT2D eigenvalue weighted by Crippen LogP contribution is 2.28. The third kappa shape index (κ3) is 3.18. The standard InChI is InChI=1S/C15H15ClFNO/c1-10(12-5-3-4-6-13(12)16)18-11-7-8-14(17)15(9-11)19-2/h3-10,18H,1-2H3. The molecule has 2 nitrogen and oxygen atoms in total. The van der Waals surface area contributed by atoms with Crippen molar-refractivity contribution in [2.75, 3.05) is 12.4 Å². The molecule has 2 aromatic rings. The summed E-state index contributed by atoms with van der Waals surface area (Å²) in [6.07, 6.45) is 0. The zero-order valence-electron chi connectivity index (χ0n) is 10.8. The van der Waals surface area contributed by atoms with E-state index in [-0.39, 0.29) is 17.6 Å². The second-order valence-electron chi connectivity index (χ2n) is 4.24. The van der Waals surface area contributed by atoms with Gasteiger partial charge in [0.2, 0.25) is 0 Å². The van der Waals surface area contributed by atoms with Gasteiger partial charge in [-0.1, -0.05) is 29.8 Å². The predicted molar refractivity (Wildman–Crippen MR) is 76.4 cm³/mol. The molecule has 0 saturated carbocycles. The molecule has 1 unspecified atom stereocenters. The van der Waals surface area contributed by atoms with Gasteiger partial charge in [0.15, 0.2) is 11.6 Å². The first-order valence-electron chi connectivity index (χ1n) is 5.96. The number of benzene rings is 2. The summed E-state index contributed by atoms with van der Waals surface area (Å²) in [7, 11) is 1.44. The Morgan fingerprint density at radius 1 is 1.21 bits per heavy atom. The third-order valence-electron chi connectivity index (χ3n) is 2.91. The lowest BCUT2D eigenvalue weighted by Gasteiger charge is -2.17. The average molecular weight is 280 g/mol. The molecule has 0 saturated heterocycles. The molecule has 100 valence electrons. The maximum absolute atomic E-state index is 13.3. The molecule has 19 heavy (non-hydrogen) atoms. The van der Waals surface area contributed by atoms with Gasteiger partial charge in [0, 0.05) is 22.8 Å². The molecule has 0 spiro atoms. The Morgan fingerprint density at radius 3 is 2.63 bits per heavy atom. The number of rotatable bonds is 4. The maximum atomic E-state index is 13.3. The summed E-state index contributed by atoms with van der Waals surface area (Å²) in [5.74, 6) is -0.158. The molecular weight excluding hydrogens is 265 g/mol. The van der Waals surface area contributed by atoms with E-state index in [0.29, 0.717) is 5.02 Å². The third-order valence-corrected chi connectivity index (χ3v) is 3.25. The van der Waals surface area contributed by atoms with Crippen LogP contribution in [0.25, 0.3) is 0 Å². The molecule has 0 aliphatic rings. The fourth-order valence-corrected chi connectivity index (χ4v) is 2.20. The van der Waals surface area contributed by atoms with Crippen LogP contribution in [0.5, 0.6) is 5.75 Å². The first kappa shape index (κ1) is 13.7. The molecule has 0 bridgehead atoms. The molecule has 1 atom stereocenters. The molecule has 0 amide bonds. The van der Waals surface area contributed by atoms with Crippen LogP contribution in [0, 0.1) is 5.82 Å². The minimum atomic E-state index is -0.376. The summed E-state index contributed by atoms with van der Waals surface area (Å²) in [6, 6.07) is 12.3. The summed E-state index contributed by atoms with van der Waals surface area (Å²) in [6.45, 7) is 2.00. The van der Waals surface area contributed by atoms with Crippen molar-refractivity contribution in [3.8, 4) is 5.75 Å². The van der Waals surface area contributed by atoms with Crippen molar-refractivity contribution < 1.29 is 9.13 Å². The van der Waals surface area contributed by atoms with Crippen molar-refractivity contribution in [3.05, 3.63) is 58.9 Å². The topological polar surface area (TPSA) is 21.3 Å². The lowest BCUT2D eigenvalue weighted by molar-refractivity contribution is 0.387. The summed E-state index contributed by atoms with van der Waals surface area (Å²) in [4.78, 5) is 0. The second kappa shape index (κ2) is 5.93. The first-order chi connectivity index (χ1) is 9.11. The quantitative estimate of drug-likeness (QED) is 0.879. The zero-order chi connectivity index (χ0) is 13.8. The van der Waals surface area contributed by atoms with Gasteiger partial charge in [-0.25, -0.2) is 4.39 Å². The fourth-order valence-electron chi connectivity index (χ4n) is 1.90. The van der Waals surface area contributed by atoms with E-state index in [1.807, 2.05) is 31.2 Å². The number of methoxy groups -OCH3 is 1. The lowest BCUT2D eigenvalue weighted by Crippen LogP contribution is -2.07. The van der Waals surface area contributed by atoms with E-state index >= 15 is 0 Å². The van der Waals surface area contributed by atoms with Crippen LogP contribution in [0.3, 0.4) is 0 Å². The molecule has 1 N–H and O–H groups in total. The Kier molecular flexibility index (Phi) is 4.27. The molecule has 2 aromatic carbocycles. The van der Waals surface area contributed by atoms with Crippen LogP contribution < -0.4 is 10.1 Å². The summed E-state index contributed by atoms with van der Waals surface area (Å²) in [5, 5.41) is 3.97. The monoisotopic (exact) mass is 279 g/mol. The molecule has 0 fully saturated rings. The molecule has 0 radical (unpaired) electrons. The van der Waals surface area contributed by atoms with Gasteiger partial charge < -0.3 is 10.1 Å². The number of anilines is 1. The highest BCUT2D eigenvalue weighted by molar-refractivity contribution is 6.31. The Labute approximate surface area is 117 Å². The van der Waals surface area contributed by atoms with Crippen LogP contribution >= 0.6 is 11.6 Å². The highest BCUT2D eigenvalue weighted by Gasteiger charge is 2.10. The van der Waals surface area contributed by atoms with Crippen molar-refractivity contribution in [2.24, 2.45) is 0 Å². The van der Waals surface area contributed by atoms with E-state index < -0.39 is 0 Å². The molecule has 0 aromatic heterocycles. The number of hydrogen-bond donors (Lipinski definition) is 1. The minimum absolute atomic E-state index is 0.0175. The van der Waals surface area contributed by atoms with E-state index in [1.54, 1.807) is 12.1 Å². The van der Waals surface area contributed by atoms with Gasteiger partial charge in [-0.2, -0.15) is 0 Å². The first-order valence-corrected chi connectivity index (χ1v) is 6.34. The van der Waals surface area contributed by atoms with Crippen LogP contribution in [-0.2, 0) is 0 Å². The molecule has 0 aliphatic heterocycles. The molecule has 0 aliphatic carbocycles. The predicted octanol–water partition coefficient (Wildman–Crippen LogP) is 4.66. The number of nitrogens with one attached hydrogen (secondary N) is 1. The summed E-state index contributed by atoms with van der Waals surface area (Å²) >= 11 is 6.14. The van der Waals surface area contributed by atoms with E-state index in [1.165, 1.54) is 13.2 Å². The van der Waals surface area contributed by atoms with Crippen LogP contribution in [0.15, 0.2) is 42.5 Å². The van der Waals surface area contributed by atoms with Gasteiger partial charge in [-0.15, -0.1) is 0 Å². The number of hydrogen-bond acceptors (Lipinski definition) is 2. The van der Waals surface area contributed by atoms with Crippen molar-refractivity contribution in [2.45, 2.75) is 13.0 Å². The van der Waals surface area contributed by atoms with Gasteiger partial charge >= 0.3 is 0 Å². The number of halogens is 2. The van der Waals surface area contributed by atoms with Crippen LogP contribution in [-0.4, -0.2) is 7.11 Å². The van der Waals surface area contributed by atoms with Crippen LogP contribution in [0.4, 0.5) is 10.1 Å².